The molecule has 1 aliphatic rings. The number of hydrogen-bond acceptors (Lipinski definition) is 5. The minimum atomic E-state index is -1.14. The Morgan fingerprint density at radius 2 is 2.17 bits per heavy atom. The van der Waals surface area contributed by atoms with Crippen LogP contribution in [-0.4, -0.2) is 37.0 Å². The molecule has 1 aromatic rings. The van der Waals surface area contributed by atoms with Crippen molar-refractivity contribution in [1.82, 2.24) is 5.32 Å². The fourth-order valence-corrected chi connectivity index (χ4v) is 2.67. The summed E-state index contributed by atoms with van der Waals surface area (Å²) in [7, 11) is -1.14. The Kier molecular flexibility index (Phi) is 5.44. The molecule has 23 heavy (non-hydrogen) atoms. The second kappa shape index (κ2) is 6.99. The fourth-order valence-electron chi connectivity index (χ4n) is 2.39. The summed E-state index contributed by atoms with van der Waals surface area (Å²) in [6, 6.07) is 3.38. The largest absolute Gasteiger partial charge is 0.495 e. The molecule has 0 aliphatic carbocycles. The summed E-state index contributed by atoms with van der Waals surface area (Å²) in [5.41, 5.74) is 0.550. The number of halogens is 1. The van der Waals surface area contributed by atoms with Gasteiger partial charge >= 0.3 is 13.2 Å². The van der Waals surface area contributed by atoms with Crippen LogP contribution < -0.4 is 15.5 Å². The molecule has 0 saturated heterocycles. The zero-order valence-corrected chi connectivity index (χ0v) is 14.4. The number of hydrogen-bond donors (Lipinski definition) is 2. The topological polar surface area (TPSA) is 77.0 Å². The Hall–Kier alpha value is -1.44. The maximum Gasteiger partial charge on any atom is 0.495 e. The average Bonchev–Trinajstić information content (AvgIpc) is 2.76. The number of carbonyl (C=O) groups is 1. The van der Waals surface area contributed by atoms with Crippen molar-refractivity contribution in [3.8, 4) is 5.75 Å². The molecule has 0 aromatic heterocycles. The Bertz CT molecular complexity index is 590. The first kappa shape index (κ1) is 17.9. The molecular weight excluding hydrogens is 320 g/mol. The van der Waals surface area contributed by atoms with Gasteiger partial charge in [0.2, 0.25) is 0 Å². The van der Waals surface area contributed by atoms with Crippen molar-refractivity contribution in [2.45, 2.75) is 39.4 Å². The quantitative estimate of drug-likeness (QED) is 0.819. The van der Waals surface area contributed by atoms with E-state index in [1.54, 1.807) is 32.9 Å². The van der Waals surface area contributed by atoms with Crippen LogP contribution in [0.1, 0.15) is 39.4 Å². The molecule has 0 saturated carbocycles. The molecular formula is C15H21BClNO5. The van der Waals surface area contributed by atoms with Crippen LogP contribution in [0.3, 0.4) is 0 Å². The zero-order chi connectivity index (χ0) is 17.2. The number of amides is 1. The average molecular weight is 342 g/mol. The van der Waals surface area contributed by atoms with E-state index in [4.69, 9.17) is 25.7 Å². The van der Waals surface area contributed by atoms with Crippen LogP contribution in [-0.2, 0) is 9.39 Å². The minimum absolute atomic E-state index is 0.133. The molecule has 8 heteroatoms. The van der Waals surface area contributed by atoms with E-state index in [0.717, 1.165) is 0 Å². The minimum Gasteiger partial charge on any atom is -0.494 e. The van der Waals surface area contributed by atoms with Gasteiger partial charge in [-0.05, 0) is 39.8 Å². The molecule has 2 rings (SSSR count). The highest BCUT2D eigenvalue weighted by Gasteiger charge is 2.40. The van der Waals surface area contributed by atoms with E-state index < -0.39 is 24.9 Å². The Balaban J connectivity index is 2.14. The summed E-state index contributed by atoms with van der Waals surface area (Å²) in [4.78, 5) is 11.8. The smallest absolute Gasteiger partial charge is 0.494 e. The molecule has 1 amide bonds. The maximum absolute atomic E-state index is 11.8. The monoisotopic (exact) mass is 341 g/mol. The van der Waals surface area contributed by atoms with Crippen molar-refractivity contribution in [3.05, 3.63) is 22.7 Å². The van der Waals surface area contributed by atoms with E-state index in [2.05, 4.69) is 5.32 Å². The molecule has 126 valence electrons. The van der Waals surface area contributed by atoms with Crippen molar-refractivity contribution in [2.75, 3.05) is 13.2 Å². The predicted molar refractivity (Wildman–Crippen MR) is 88.3 cm³/mol. The van der Waals surface area contributed by atoms with Gasteiger partial charge in [0.05, 0.1) is 12.7 Å². The first-order valence-electron chi connectivity index (χ1n) is 7.48. The molecule has 1 atom stereocenters. The molecule has 2 N–H and O–H groups in total. The standard InChI is InChI=1S/C15H21BClNO5/c1-5-21-10-7-6-9(17)12-11(23-16(20)13(10)12)8-18-14(19)22-15(2,3)4/h6-7,11,20H,5,8H2,1-4H3,(H,18,19)/t11-/m0/s1. The molecule has 0 radical (unpaired) electrons. The normalized spacial score (nSPS) is 17.0. The highest BCUT2D eigenvalue weighted by Crippen LogP contribution is 2.33. The zero-order valence-electron chi connectivity index (χ0n) is 13.7. The summed E-state index contributed by atoms with van der Waals surface area (Å²) < 4.78 is 16.2. The van der Waals surface area contributed by atoms with Crippen molar-refractivity contribution < 1.29 is 23.9 Å². The number of benzene rings is 1. The summed E-state index contributed by atoms with van der Waals surface area (Å²) in [6.07, 6.45) is -1.12. The van der Waals surface area contributed by atoms with E-state index >= 15 is 0 Å². The van der Waals surface area contributed by atoms with Crippen LogP contribution in [0.5, 0.6) is 5.75 Å². The summed E-state index contributed by atoms with van der Waals surface area (Å²) in [5.74, 6) is 0.527. The molecule has 0 spiro atoms. The number of ether oxygens (including phenoxy) is 2. The van der Waals surface area contributed by atoms with Gasteiger partial charge in [-0.2, -0.15) is 0 Å². The second-order valence-corrected chi connectivity index (χ2v) is 6.57. The van der Waals surface area contributed by atoms with Crippen molar-refractivity contribution in [3.63, 3.8) is 0 Å². The lowest BCUT2D eigenvalue weighted by molar-refractivity contribution is 0.0498. The lowest BCUT2D eigenvalue weighted by Gasteiger charge is -2.21. The molecule has 1 aromatic carbocycles. The summed E-state index contributed by atoms with van der Waals surface area (Å²) in [6.45, 7) is 7.79. The second-order valence-electron chi connectivity index (χ2n) is 6.17. The van der Waals surface area contributed by atoms with Crippen LogP contribution >= 0.6 is 11.6 Å². The van der Waals surface area contributed by atoms with E-state index in [9.17, 15) is 9.82 Å². The van der Waals surface area contributed by atoms with Gasteiger partial charge in [-0.25, -0.2) is 4.79 Å². The van der Waals surface area contributed by atoms with Crippen LogP contribution in [0.4, 0.5) is 4.79 Å². The molecule has 6 nitrogen and oxygen atoms in total. The number of carbonyl (C=O) groups excluding carboxylic acids is 1. The molecule has 0 fully saturated rings. The SMILES string of the molecule is CCOc1ccc(Cl)c2c1B(O)O[C@H]2CNC(=O)OC(C)(C)C. The highest BCUT2D eigenvalue weighted by atomic mass is 35.5. The highest BCUT2D eigenvalue weighted by molar-refractivity contribution is 6.63. The fraction of sp³-hybridized carbons (Fsp3) is 0.533. The number of alkyl carbamates (subject to hydrolysis) is 1. The van der Waals surface area contributed by atoms with Crippen molar-refractivity contribution in [1.29, 1.82) is 0 Å². The third-order valence-corrected chi connectivity index (χ3v) is 3.52. The van der Waals surface area contributed by atoms with Crippen LogP contribution in [0.2, 0.25) is 5.02 Å². The predicted octanol–water partition coefficient (Wildman–Crippen LogP) is 2.02. The summed E-state index contributed by atoms with van der Waals surface area (Å²) in [5, 5.41) is 13.2. The van der Waals surface area contributed by atoms with Crippen molar-refractivity contribution >= 4 is 30.3 Å². The van der Waals surface area contributed by atoms with E-state index in [1.165, 1.54) is 0 Å². The van der Waals surface area contributed by atoms with Crippen LogP contribution in [0.25, 0.3) is 0 Å². The molecule has 0 bridgehead atoms. The molecule has 1 aliphatic heterocycles. The van der Waals surface area contributed by atoms with Gasteiger partial charge in [0.1, 0.15) is 11.4 Å². The van der Waals surface area contributed by atoms with Gasteiger partial charge in [0.15, 0.2) is 0 Å². The first-order chi connectivity index (χ1) is 10.7. The Morgan fingerprint density at radius 3 is 2.78 bits per heavy atom. The van der Waals surface area contributed by atoms with E-state index in [1.807, 2.05) is 6.92 Å². The third kappa shape index (κ3) is 4.31. The van der Waals surface area contributed by atoms with Gasteiger partial charge in [0, 0.05) is 22.6 Å². The van der Waals surface area contributed by atoms with Crippen LogP contribution in [0, 0.1) is 0 Å². The van der Waals surface area contributed by atoms with Crippen LogP contribution in [0.15, 0.2) is 12.1 Å². The third-order valence-electron chi connectivity index (χ3n) is 3.19. The Labute approximate surface area is 141 Å². The Morgan fingerprint density at radius 1 is 1.48 bits per heavy atom. The lowest BCUT2D eigenvalue weighted by Crippen LogP contribution is -2.35. The summed E-state index contributed by atoms with van der Waals surface area (Å²) >= 11 is 6.23. The number of nitrogens with one attached hydrogen (secondary N) is 1. The van der Waals surface area contributed by atoms with E-state index in [-0.39, 0.29) is 6.54 Å². The molecule has 1 heterocycles. The maximum atomic E-state index is 11.8. The molecule has 0 unspecified atom stereocenters. The van der Waals surface area contributed by atoms with Gasteiger partial charge in [-0.3, -0.25) is 0 Å². The van der Waals surface area contributed by atoms with Gasteiger partial charge in [-0.1, -0.05) is 11.6 Å². The number of rotatable bonds is 4. The first-order valence-corrected chi connectivity index (χ1v) is 7.86. The van der Waals surface area contributed by atoms with E-state index in [0.29, 0.717) is 28.4 Å². The lowest BCUT2D eigenvalue weighted by atomic mass is 9.78. The number of fused-ring (bicyclic) bond motifs is 1. The van der Waals surface area contributed by atoms with Crippen molar-refractivity contribution in [2.24, 2.45) is 0 Å². The van der Waals surface area contributed by atoms with Gasteiger partial charge in [-0.15, -0.1) is 0 Å². The van der Waals surface area contributed by atoms with Gasteiger partial charge in [0.25, 0.3) is 0 Å². The van der Waals surface area contributed by atoms with Gasteiger partial charge < -0.3 is 24.5 Å².